The molecule has 1 heterocycles. The summed E-state index contributed by atoms with van der Waals surface area (Å²) >= 11 is 7.44. The lowest BCUT2D eigenvalue weighted by Gasteiger charge is -2.12. The maximum atomic E-state index is 12.8. The van der Waals surface area contributed by atoms with E-state index in [2.05, 4.69) is 15.3 Å². The van der Waals surface area contributed by atoms with Gasteiger partial charge in [0, 0.05) is 38.0 Å². The smallest absolute Gasteiger partial charge is 0.363 e. The number of nitrogens with zero attached hydrogens (tertiary/aromatic N) is 3. The number of aromatic nitrogens is 2. The van der Waals surface area contributed by atoms with Crippen LogP contribution in [-0.4, -0.2) is 30.0 Å². The predicted molar refractivity (Wildman–Crippen MR) is 120 cm³/mol. The number of anilines is 1. The quantitative estimate of drug-likeness (QED) is 0.277. The van der Waals surface area contributed by atoms with Crippen LogP contribution in [0.3, 0.4) is 0 Å². The van der Waals surface area contributed by atoms with Gasteiger partial charge < -0.3 is 10.2 Å². The maximum absolute atomic E-state index is 12.8. The van der Waals surface area contributed by atoms with Crippen LogP contribution in [0.2, 0.25) is 5.15 Å². The first kappa shape index (κ1) is 23.9. The average Bonchev–Trinajstić information content (AvgIpc) is 2.75. The highest BCUT2D eigenvalue weighted by Crippen LogP contribution is 2.29. The molecule has 5 nitrogen and oxygen atoms in total. The number of benzene rings is 2. The molecule has 0 aliphatic heterocycles. The molecule has 2 aromatic carbocycles. The van der Waals surface area contributed by atoms with Crippen LogP contribution in [0, 0.1) is 0 Å². The van der Waals surface area contributed by atoms with E-state index in [1.165, 1.54) is 23.9 Å². The first-order chi connectivity index (χ1) is 15.1. The van der Waals surface area contributed by atoms with Crippen molar-refractivity contribution in [1.29, 1.82) is 0 Å². The number of halogens is 4. The lowest BCUT2D eigenvalue weighted by Crippen LogP contribution is -2.23. The van der Waals surface area contributed by atoms with E-state index in [1.807, 2.05) is 25.1 Å². The number of rotatable bonds is 7. The zero-order chi connectivity index (χ0) is 23.3. The Morgan fingerprint density at radius 1 is 1.06 bits per heavy atom. The normalized spacial score (nSPS) is 11.3. The Balaban J connectivity index is 1.63. The van der Waals surface area contributed by atoms with Crippen molar-refractivity contribution in [2.45, 2.75) is 23.6 Å². The molecule has 0 unspecified atom stereocenters. The van der Waals surface area contributed by atoms with E-state index in [1.54, 1.807) is 24.3 Å². The highest BCUT2D eigenvalue weighted by molar-refractivity contribution is 7.98. The molecule has 32 heavy (non-hydrogen) atoms. The van der Waals surface area contributed by atoms with Crippen LogP contribution in [0.15, 0.2) is 59.8 Å². The highest BCUT2D eigenvalue weighted by atomic mass is 35.5. The Kier molecular flexibility index (Phi) is 7.63. The fraction of sp³-hybridized carbons (Fsp3) is 0.227. The minimum atomic E-state index is -4.42. The lowest BCUT2D eigenvalue weighted by atomic mass is 10.1. The van der Waals surface area contributed by atoms with Crippen LogP contribution in [-0.2, 0) is 18.5 Å². The van der Waals surface area contributed by atoms with Gasteiger partial charge in [0.25, 0.3) is 5.91 Å². The highest BCUT2D eigenvalue weighted by Gasteiger charge is 2.30. The summed E-state index contributed by atoms with van der Waals surface area (Å²) in [5.41, 5.74) is 0.909. The van der Waals surface area contributed by atoms with Gasteiger partial charge in [0.1, 0.15) is 11.0 Å². The summed E-state index contributed by atoms with van der Waals surface area (Å²) in [5, 5.41) is 3.52. The van der Waals surface area contributed by atoms with Gasteiger partial charge in [0.2, 0.25) is 0 Å². The molecule has 0 fully saturated rings. The second kappa shape index (κ2) is 10.2. The molecule has 0 atom stereocenters. The van der Waals surface area contributed by atoms with Crippen LogP contribution >= 0.6 is 23.4 Å². The molecule has 168 valence electrons. The van der Waals surface area contributed by atoms with E-state index < -0.39 is 11.7 Å². The Morgan fingerprint density at radius 3 is 2.50 bits per heavy atom. The molecule has 1 N–H and O–H groups in total. The van der Waals surface area contributed by atoms with E-state index >= 15 is 0 Å². The average molecular weight is 481 g/mol. The SMILES string of the molecule is CN(C)c1cc(Cl)nc(SCc2cccc(C(=O)NCc3cccc(C(F)(F)F)c3)c2)n1. The van der Waals surface area contributed by atoms with E-state index in [9.17, 15) is 18.0 Å². The van der Waals surface area contributed by atoms with Crippen molar-refractivity contribution < 1.29 is 18.0 Å². The van der Waals surface area contributed by atoms with Crippen LogP contribution in [0.5, 0.6) is 0 Å². The number of hydrogen-bond acceptors (Lipinski definition) is 5. The number of hydrogen-bond donors (Lipinski definition) is 1. The molecular formula is C22H20ClF3N4OS. The van der Waals surface area contributed by atoms with Crippen molar-refractivity contribution in [3.8, 4) is 0 Å². The molecule has 0 bridgehead atoms. The van der Waals surface area contributed by atoms with Gasteiger partial charge in [0.15, 0.2) is 5.16 Å². The summed E-state index contributed by atoms with van der Waals surface area (Å²) in [5.74, 6) is 0.834. The molecule has 0 radical (unpaired) electrons. The van der Waals surface area contributed by atoms with Gasteiger partial charge in [-0.25, -0.2) is 9.97 Å². The van der Waals surface area contributed by atoms with Gasteiger partial charge in [-0.3, -0.25) is 4.79 Å². The van der Waals surface area contributed by atoms with E-state index in [0.717, 1.165) is 17.7 Å². The molecule has 0 aliphatic carbocycles. The van der Waals surface area contributed by atoms with Crippen LogP contribution in [0.25, 0.3) is 0 Å². The zero-order valence-electron chi connectivity index (χ0n) is 17.3. The standard InChI is InChI=1S/C22H20ClF3N4OS/c1-30(2)19-11-18(23)28-21(29-19)32-13-15-6-3-7-16(9-15)20(31)27-12-14-5-4-8-17(10-14)22(24,25)26/h3-11H,12-13H2,1-2H3,(H,27,31). The van der Waals surface area contributed by atoms with Gasteiger partial charge in [-0.2, -0.15) is 13.2 Å². The van der Waals surface area contributed by atoms with Crippen molar-refractivity contribution in [1.82, 2.24) is 15.3 Å². The summed E-state index contributed by atoms with van der Waals surface area (Å²) in [6.45, 7) is -0.00853. The monoisotopic (exact) mass is 480 g/mol. The molecule has 0 saturated carbocycles. The fourth-order valence-electron chi connectivity index (χ4n) is 2.77. The molecule has 0 spiro atoms. The first-order valence-electron chi connectivity index (χ1n) is 9.50. The molecular weight excluding hydrogens is 461 g/mol. The first-order valence-corrected chi connectivity index (χ1v) is 10.9. The minimum absolute atomic E-state index is 0.00853. The Morgan fingerprint density at radius 2 is 1.78 bits per heavy atom. The van der Waals surface area contributed by atoms with Crippen LogP contribution in [0.1, 0.15) is 27.0 Å². The Hall–Kier alpha value is -2.78. The van der Waals surface area contributed by atoms with Gasteiger partial charge in [-0.1, -0.05) is 47.6 Å². The number of nitrogens with one attached hydrogen (secondary N) is 1. The lowest BCUT2D eigenvalue weighted by molar-refractivity contribution is -0.137. The van der Waals surface area contributed by atoms with Crippen LogP contribution < -0.4 is 10.2 Å². The predicted octanol–water partition coefficient (Wildman–Crippen LogP) is 5.44. The minimum Gasteiger partial charge on any atom is -0.363 e. The Labute approximate surface area is 193 Å². The van der Waals surface area contributed by atoms with Gasteiger partial charge in [-0.15, -0.1) is 0 Å². The number of alkyl halides is 3. The number of carbonyl (C=O) groups is 1. The summed E-state index contributed by atoms with van der Waals surface area (Å²) < 4.78 is 38.5. The molecule has 10 heteroatoms. The van der Waals surface area contributed by atoms with Gasteiger partial charge in [-0.05, 0) is 35.4 Å². The fourth-order valence-corrected chi connectivity index (χ4v) is 3.80. The van der Waals surface area contributed by atoms with Crippen molar-refractivity contribution in [2.75, 3.05) is 19.0 Å². The summed E-state index contributed by atoms with van der Waals surface area (Å²) in [4.78, 5) is 23.0. The molecule has 3 aromatic rings. The third kappa shape index (κ3) is 6.61. The number of thioether (sulfide) groups is 1. The summed E-state index contributed by atoms with van der Waals surface area (Å²) in [6, 6.07) is 13.5. The molecule has 0 aliphatic rings. The largest absolute Gasteiger partial charge is 0.416 e. The van der Waals surface area contributed by atoms with E-state index in [-0.39, 0.29) is 12.5 Å². The van der Waals surface area contributed by atoms with E-state index in [4.69, 9.17) is 11.6 Å². The summed E-state index contributed by atoms with van der Waals surface area (Å²) in [7, 11) is 3.71. The third-order valence-corrected chi connectivity index (χ3v) is 5.50. The van der Waals surface area contributed by atoms with Crippen LogP contribution in [0.4, 0.5) is 19.0 Å². The van der Waals surface area contributed by atoms with Gasteiger partial charge >= 0.3 is 6.18 Å². The zero-order valence-corrected chi connectivity index (χ0v) is 18.9. The maximum Gasteiger partial charge on any atom is 0.416 e. The van der Waals surface area contributed by atoms with Crippen molar-refractivity contribution in [3.63, 3.8) is 0 Å². The number of amides is 1. The molecule has 0 saturated heterocycles. The molecule has 1 amide bonds. The topological polar surface area (TPSA) is 58.1 Å². The second-order valence-electron chi connectivity index (χ2n) is 7.10. The van der Waals surface area contributed by atoms with Crippen molar-refractivity contribution in [2.24, 2.45) is 0 Å². The van der Waals surface area contributed by atoms with Crippen molar-refractivity contribution >= 4 is 35.1 Å². The third-order valence-electron chi connectivity index (χ3n) is 4.38. The Bertz CT molecular complexity index is 1110. The summed E-state index contributed by atoms with van der Waals surface area (Å²) in [6.07, 6.45) is -4.42. The molecule has 1 aromatic heterocycles. The molecule has 3 rings (SSSR count). The van der Waals surface area contributed by atoms with E-state index in [0.29, 0.717) is 33.0 Å². The van der Waals surface area contributed by atoms with Crippen molar-refractivity contribution in [3.05, 3.63) is 82.0 Å². The second-order valence-corrected chi connectivity index (χ2v) is 8.43. The van der Waals surface area contributed by atoms with Gasteiger partial charge in [0.05, 0.1) is 5.56 Å². The number of carbonyl (C=O) groups excluding carboxylic acids is 1.